The van der Waals surface area contributed by atoms with E-state index in [1.54, 1.807) is 6.08 Å². The van der Waals surface area contributed by atoms with Crippen molar-refractivity contribution in [2.75, 3.05) is 5.73 Å². The van der Waals surface area contributed by atoms with Crippen LogP contribution in [0.3, 0.4) is 0 Å². The average Bonchev–Trinajstić information content (AvgIpc) is 3.65. The number of nitrogens with zero attached hydrogens (tertiary/aromatic N) is 2. The monoisotopic (exact) mass is 783 g/mol. The van der Waals surface area contributed by atoms with Gasteiger partial charge in [-0.15, -0.1) is 13.2 Å². The molecule has 4 nitrogen and oxygen atoms in total. The first-order valence-corrected chi connectivity index (χ1v) is 20.0. The molecule has 0 aliphatic carbocycles. The summed E-state index contributed by atoms with van der Waals surface area (Å²) in [5, 5.41) is 0.877. The number of aryl methyl sites for hydroxylation is 1. The van der Waals surface area contributed by atoms with Crippen LogP contribution in [0, 0.1) is 0 Å². The van der Waals surface area contributed by atoms with Crippen LogP contribution in [0.2, 0.25) is 0 Å². The van der Waals surface area contributed by atoms with E-state index in [9.17, 15) is 0 Å². The fraction of sp³-hybridized carbons (Fsp3) is 0.0714. The number of nitrogen functional groups attached to an aromatic ring is 1. The number of rotatable bonds is 12. The molecule has 0 aliphatic rings. The quantitative estimate of drug-likeness (QED) is 0.0762. The number of aliphatic imine (C=N–C) groups is 2. The molecule has 0 aliphatic heterocycles. The van der Waals surface area contributed by atoms with Crippen molar-refractivity contribution in [2.24, 2.45) is 9.98 Å². The topological polar surface area (TPSA) is 63.9 Å². The average molecular weight is 784 g/mol. The zero-order chi connectivity index (χ0) is 42.9. The van der Waals surface area contributed by atoms with Gasteiger partial charge in [-0.05, 0) is 83.5 Å². The fourth-order valence-corrected chi connectivity index (χ4v) is 6.53. The number of nitrogens with two attached hydrogens (primary N) is 1. The minimum absolute atomic E-state index is 0.553. The van der Waals surface area contributed by atoms with E-state index < -0.39 is 0 Å². The van der Waals surface area contributed by atoms with Gasteiger partial charge in [0.1, 0.15) is 11.3 Å². The summed E-state index contributed by atoms with van der Waals surface area (Å²) in [6, 6.07) is 53.3. The van der Waals surface area contributed by atoms with Crippen LogP contribution >= 0.6 is 0 Å². The Kier molecular flexibility index (Phi) is 15.8. The highest BCUT2D eigenvalue weighted by Gasteiger charge is 2.20. The van der Waals surface area contributed by atoms with Gasteiger partial charge in [0.2, 0.25) is 0 Å². The number of para-hydroxylation sites is 1. The van der Waals surface area contributed by atoms with Crippen molar-refractivity contribution >= 4 is 39.5 Å². The molecule has 6 aromatic carbocycles. The summed E-state index contributed by atoms with van der Waals surface area (Å²) in [5.41, 5.74) is 20.7. The molecule has 1 heterocycles. The molecule has 7 aromatic rings. The Hall–Kier alpha value is -7.56. The maximum absolute atomic E-state index is 6.57. The summed E-state index contributed by atoms with van der Waals surface area (Å²) in [6.07, 6.45) is 8.69. The molecule has 2 N–H and O–H groups in total. The van der Waals surface area contributed by atoms with E-state index in [4.69, 9.17) is 15.1 Å². The summed E-state index contributed by atoms with van der Waals surface area (Å²) in [6.45, 7) is 24.2. The second kappa shape index (κ2) is 21.8. The number of benzene rings is 6. The fourth-order valence-electron chi connectivity index (χ4n) is 6.53. The van der Waals surface area contributed by atoms with Crippen LogP contribution in [0.25, 0.3) is 44.6 Å². The summed E-state index contributed by atoms with van der Waals surface area (Å²) in [4.78, 5) is 9.66. The van der Waals surface area contributed by atoms with Crippen molar-refractivity contribution in [3.05, 3.63) is 249 Å². The van der Waals surface area contributed by atoms with Gasteiger partial charge in [-0.2, -0.15) is 0 Å². The van der Waals surface area contributed by atoms with Gasteiger partial charge in [-0.1, -0.05) is 184 Å². The van der Waals surface area contributed by atoms with Gasteiger partial charge in [-0.3, -0.25) is 4.99 Å². The molecular weight excluding hydrogens is 731 g/mol. The number of allylic oxidation sites excluding steroid dienone is 5. The third-order valence-corrected chi connectivity index (χ3v) is 9.78. The first kappa shape index (κ1) is 43.6. The Bertz CT molecular complexity index is 2670. The SMILES string of the molecule is C=C.C=C(N=C(c1cccc(-c2ccccc2)c1)c1oc2ccccc2c1N)c1ccc(CC)cc1.C=C/C=C\C(=C/C)C(C)=NC(=C)c1cccc(-c2ccccc2)c1. The van der Waals surface area contributed by atoms with Gasteiger partial charge in [0.15, 0.2) is 5.76 Å². The second-order valence-electron chi connectivity index (χ2n) is 13.7. The zero-order valence-corrected chi connectivity index (χ0v) is 34.9. The van der Waals surface area contributed by atoms with Crippen molar-refractivity contribution in [3.63, 3.8) is 0 Å². The number of anilines is 1. The zero-order valence-electron chi connectivity index (χ0n) is 34.9. The van der Waals surface area contributed by atoms with E-state index in [0.717, 1.165) is 62.2 Å². The molecule has 0 atom stereocenters. The Morgan fingerprint density at radius 3 is 1.73 bits per heavy atom. The number of hydrogen-bond acceptors (Lipinski definition) is 4. The first-order valence-electron chi connectivity index (χ1n) is 20.0. The number of fused-ring (bicyclic) bond motifs is 1. The standard InChI is InChI=1S/C31H26N2O.C23H23N.C2H4/c1-3-22-16-18-23(19-17-22)21(2)33-30(31-29(32)27-14-7-8-15-28(27)34-31)26-13-9-12-25(20-26)24-10-5-4-6-11-24;1-5-7-12-20(6-2)18(3)24-19(4)22-15-11-16-23(17-22)21-13-9-8-10-14-21;1-2/h4-20H,2-3,32H2,1H3;5-17H,1,4H2,2-3H3;1-2H2/b;12-7-,20-6+,24-18?;. The lowest BCUT2D eigenvalue weighted by Gasteiger charge is -2.10. The van der Waals surface area contributed by atoms with Crippen LogP contribution in [-0.2, 0) is 6.42 Å². The Morgan fingerprint density at radius 1 is 0.633 bits per heavy atom. The van der Waals surface area contributed by atoms with E-state index in [0.29, 0.717) is 22.9 Å². The Balaban J connectivity index is 0.000000232. The molecule has 0 radical (unpaired) electrons. The summed E-state index contributed by atoms with van der Waals surface area (Å²) in [7, 11) is 0. The lowest BCUT2D eigenvalue weighted by Crippen LogP contribution is -2.06. The molecule has 7 rings (SSSR count). The van der Waals surface area contributed by atoms with Gasteiger partial charge in [0.05, 0.1) is 17.1 Å². The summed E-state index contributed by atoms with van der Waals surface area (Å²) < 4.78 is 6.24. The molecule has 0 fully saturated rings. The maximum Gasteiger partial charge on any atom is 0.177 e. The number of furan rings is 1. The van der Waals surface area contributed by atoms with E-state index in [-0.39, 0.29) is 0 Å². The molecular formula is C56H53N3O. The third-order valence-electron chi connectivity index (χ3n) is 9.78. The van der Waals surface area contributed by atoms with Crippen LogP contribution in [0.5, 0.6) is 0 Å². The summed E-state index contributed by atoms with van der Waals surface area (Å²) in [5.74, 6) is 0.553. The predicted octanol–water partition coefficient (Wildman–Crippen LogP) is 15.0. The van der Waals surface area contributed by atoms with Crippen LogP contribution in [-0.4, -0.2) is 11.4 Å². The Morgan fingerprint density at radius 2 is 1.17 bits per heavy atom. The van der Waals surface area contributed by atoms with E-state index in [2.05, 4.69) is 118 Å². The molecule has 4 heteroatoms. The molecule has 298 valence electrons. The normalized spacial score (nSPS) is 11.6. The third kappa shape index (κ3) is 11.1. The van der Waals surface area contributed by atoms with Crippen molar-refractivity contribution in [1.29, 1.82) is 0 Å². The van der Waals surface area contributed by atoms with Crippen molar-refractivity contribution in [1.82, 2.24) is 0 Å². The van der Waals surface area contributed by atoms with E-state index in [1.165, 1.54) is 16.7 Å². The highest BCUT2D eigenvalue weighted by molar-refractivity contribution is 6.19. The van der Waals surface area contributed by atoms with Crippen molar-refractivity contribution in [2.45, 2.75) is 27.2 Å². The highest BCUT2D eigenvalue weighted by Crippen LogP contribution is 2.33. The minimum Gasteiger partial charge on any atom is -0.452 e. The lowest BCUT2D eigenvalue weighted by molar-refractivity contribution is 0.607. The van der Waals surface area contributed by atoms with Crippen molar-refractivity contribution < 1.29 is 4.42 Å². The second-order valence-corrected chi connectivity index (χ2v) is 13.7. The number of hydrogen-bond donors (Lipinski definition) is 1. The van der Waals surface area contributed by atoms with Crippen LogP contribution in [0.15, 0.2) is 235 Å². The molecule has 60 heavy (non-hydrogen) atoms. The van der Waals surface area contributed by atoms with Gasteiger partial charge in [0, 0.05) is 22.2 Å². The summed E-state index contributed by atoms with van der Waals surface area (Å²) >= 11 is 0. The largest absolute Gasteiger partial charge is 0.452 e. The smallest absolute Gasteiger partial charge is 0.177 e. The first-order chi connectivity index (χ1) is 29.3. The van der Waals surface area contributed by atoms with Gasteiger partial charge >= 0.3 is 0 Å². The lowest BCUT2D eigenvalue weighted by atomic mass is 9.99. The minimum atomic E-state index is 0.553. The molecule has 1 aromatic heterocycles. The van der Waals surface area contributed by atoms with E-state index >= 15 is 0 Å². The molecule has 0 amide bonds. The van der Waals surface area contributed by atoms with Crippen molar-refractivity contribution in [3.8, 4) is 22.3 Å². The van der Waals surface area contributed by atoms with Gasteiger partial charge < -0.3 is 10.2 Å². The van der Waals surface area contributed by atoms with E-state index in [1.807, 2.05) is 117 Å². The molecule has 0 saturated carbocycles. The van der Waals surface area contributed by atoms with Crippen LogP contribution < -0.4 is 5.73 Å². The van der Waals surface area contributed by atoms with Gasteiger partial charge in [-0.25, -0.2) is 4.99 Å². The molecule has 0 saturated heterocycles. The Labute approximate surface area is 356 Å². The molecule has 0 unspecified atom stereocenters. The molecule has 0 bridgehead atoms. The molecule has 0 spiro atoms. The predicted molar refractivity (Wildman–Crippen MR) is 261 cm³/mol. The maximum atomic E-state index is 6.57. The van der Waals surface area contributed by atoms with Crippen LogP contribution in [0.4, 0.5) is 5.69 Å². The van der Waals surface area contributed by atoms with Gasteiger partial charge in [0.25, 0.3) is 0 Å². The van der Waals surface area contributed by atoms with Crippen LogP contribution in [0.1, 0.15) is 48.8 Å². The highest BCUT2D eigenvalue weighted by atomic mass is 16.3.